The summed E-state index contributed by atoms with van der Waals surface area (Å²) in [5.74, 6) is 1.05. The molecule has 138 valence electrons. The summed E-state index contributed by atoms with van der Waals surface area (Å²) in [6, 6.07) is 2.96. The lowest BCUT2D eigenvalue weighted by Gasteiger charge is -2.37. The van der Waals surface area contributed by atoms with Gasteiger partial charge in [0.05, 0.1) is 38.6 Å². The van der Waals surface area contributed by atoms with Crippen molar-refractivity contribution in [1.29, 1.82) is 0 Å². The van der Waals surface area contributed by atoms with E-state index in [0.29, 0.717) is 30.1 Å². The van der Waals surface area contributed by atoms with Crippen LogP contribution in [0.4, 0.5) is 4.39 Å². The minimum absolute atomic E-state index is 0.114. The molecule has 0 bridgehead atoms. The fourth-order valence-corrected chi connectivity index (χ4v) is 3.46. The van der Waals surface area contributed by atoms with Crippen LogP contribution in [-0.2, 0) is 17.8 Å². The molecule has 0 aromatic carbocycles. The number of carbonyl (C=O) groups is 1. The second-order valence-corrected chi connectivity index (χ2v) is 6.66. The molecule has 1 amide bonds. The van der Waals surface area contributed by atoms with Gasteiger partial charge in [-0.05, 0) is 25.0 Å². The van der Waals surface area contributed by atoms with Gasteiger partial charge in [-0.3, -0.25) is 14.3 Å². The first kappa shape index (κ1) is 16.7. The van der Waals surface area contributed by atoms with Crippen molar-refractivity contribution in [2.24, 2.45) is 0 Å². The number of hydrogen-bond acceptors (Lipinski definition) is 5. The Labute approximate surface area is 149 Å². The summed E-state index contributed by atoms with van der Waals surface area (Å²) in [7, 11) is 1.56. The Morgan fingerprint density at radius 1 is 1.38 bits per heavy atom. The highest BCUT2D eigenvalue weighted by atomic mass is 19.1. The van der Waals surface area contributed by atoms with Crippen LogP contribution in [-0.4, -0.2) is 56.5 Å². The van der Waals surface area contributed by atoms with Crippen molar-refractivity contribution >= 4 is 5.91 Å². The third-order valence-electron chi connectivity index (χ3n) is 4.91. The molecule has 8 nitrogen and oxygen atoms in total. The number of methoxy groups -OCH3 is 1. The molecule has 4 rings (SSSR count). The normalized spacial score (nSPS) is 19.8. The average Bonchev–Trinajstić information content (AvgIpc) is 2.95. The third kappa shape index (κ3) is 2.87. The largest absolute Gasteiger partial charge is 0.495 e. The van der Waals surface area contributed by atoms with E-state index in [1.165, 1.54) is 14.1 Å². The third-order valence-corrected chi connectivity index (χ3v) is 4.91. The molecule has 2 aliphatic heterocycles. The zero-order valence-corrected chi connectivity index (χ0v) is 14.5. The minimum atomic E-state index is -0.956. The van der Waals surface area contributed by atoms with Gasteiger partial charge in [0.2, 0.25) is 5.91 Å². The maximum Gasteiger partial charge on any atom is 0.347 e. The fourth-order valence-electron chi connectivity index (χ4n) is 3.46. The lowest BCUT2D eigenvalue weighted by atomic mass is 10.0. The Morgan fingerprint density at radius 2 is 2.19 bits per heavy atom. The van der Waals surface area contributed by atoms with Crippen molar-refractivity contribution in [2.45, 2.75) is 38.0 Å². The van der Waals surface area contributed by atoms with Crippen LogP contribution in [0.2, 0.25) is 0 Å². The molecule has 9 heteroatoms. The molecule has 2 aromatic heterocycles. The predicted octanol–water partition coefficient (Wildman–Crippen LogP) is 0.554. The first-order chi connectivity index (χ1) is 12.6. The van der Waals surface area contributed by atoms with Gasteiger partial charge in [-0.2, -0.15) is 5.10 Å². The van der Waals surface area contributed by atoms with E-state index in [0.717, 1.165) is 6.42 Å². The predicted molar refractivity (Wildman–Crippen MR) is 89.8 cm³/mol. The highest BCUT2D eigenvalue weighted by Gasteiger charge is 2.38. The maximum absolute atomic E-state index is 13.1. The number of nitrogens with zero attached hydrogens (tertiary/aromatic N) is 5. The highest BCUT2D eigenvalue weighted by Crippen LogP contribution is 2.26. The molecule has 4 heterocycles. The maximum atomic E-state index is 13.1. The quantitative estimate of drug-likeness (QED) is 0.795. The molecule has 1 atom stereocenters. The standard InChI is InChI=1S/C17H20FN5O3/c1-26-13-6-5-12(19-7-13)10-22-17(25)23-14(3-2-4-15(23)20-22)16(24)21-8-11(18)9-21/h5-7,11,14H,2-4,8-10H2,1H3/t14-/m0/s1. The Balaban J connectivity index is 1.59. The Morgan fingerprint density at radius 3 is 2.85 bits per heavy atom. The molecule has 26 heavy (non-hydrogen) atoms. The van der Waals surface area contributed by atoms with Crippen LogP contribution in [0.15, 0.2) is 23.1 Å². The molecule has 0 saturated carbocycles. The van der Waals surface area contributed by atoms with E-state index in [1.807, 2.05) is 0 Å². The highest BCUT2D eigenvalue weighted by molar-refractivity contribution is 5.81. The number of aromatic nitrogens is 4. The molecule has 0 radical (unpaired) electrons. The number of pyridine rings is 1. The van der Waals surface area contributed by atoms with E-state index in [4.69, 9.17) is 4.74 Å². The van der Waals surface area contributed by atoms with Crippen LogP contribution in [0.1, 0.15) is 30.4 Å². The average molecular weight is 361 g/mol. The summed E-state index contributed by atoms with van der Waals surface area (Å²) < 4.78 is 21.0. The number of likely N-dealkylation sites (tertiary alicyclic amines) is 1. The second-order valence-electron chi connectivity index (χ2n) is 6.66. The number of carbonyl (C=O) groups excluding carboxylic acids is 1. The Kier molecular flexibility index (Phi) is 4.21. The van der Waals surface area contributed by atoms with Crippen LogP contribution >= 0.6 is 0 Å². The number of hydrogen-bond donors (Lipinski definition) is 0. The van der Waals surface area contributed by atoms with E-state index < -0.39 is 12.2 Å². The van der Waals surface area contributed by atoms with E-state index >= 15 is 0 Å². The summed E-state index contributed by atoms with van der Waals surface area (Å²) in [4.78, 5) is 31.2. The van der Waals surface area contributed by atoms with Crippen molar-refractivity contribution in [1.82, 2.24) is 24.2 Å². The molecule has 0 spiro atoms. The summed E-state index contributed by atoms with van der Waals surface area (Å²) in [6.07, 6.45) is 2.63. The van der Waals surface area contributed by atoms with Gasteiger partial charge < -0.3 is 9.64 Å². The number of alkyl halides is 1. The zero-order chi connectivity index (χ0) is 18.3. The topological polar surface area (TPSA) is 82.2 Å². The van der Waals surface area contributed by atoms with Crippen molar-refractivity contribution in [2.75, 3.05) is 20.2 Å². The van der Waals surface area contributed by atoms with Gasteiger partial charge in [0.1, 0.15) is 23.8 Å². The van der Waals surface area contributed by atoms with Crippen LogP contribution in [0.25, 0.3) is 0 Å². The summed E-state index contributed by atoms with van der Waals surface area (Å²) in [5, 5.41) is 4.39. The number of rotatable bonds is 4. The molecule has 2 aliphatic rings. The van der Waals surface area contributed by atoms with Crippen molar-refractivity contribution in [3.05, 3.63) is 40.3 Å². The van der Waals surface area contributed by atoms with Crippen LogP contribution < -0.4 is 10.4 Å². The molecule has 2 aromatic rings. The molecular weight excluding hydrogens is 341 g/mol. The number of fused-ring (bicyclic) bond motifs is 1. The van der Waals surface area contributed by atoms with Gasteiger partial charge >= 0.3 is 5.69 Å². The van der Waals surface area contributed by atoms with Gasteiger partial charge in [-0.15, -0.1) is 0 Å². The number of aryl methyl sites for hydroxylation is 1. The molecule has 1 saturated heterocycles. The number of halogens is 1. The van der Waals surface area contributed by atoms with Crippen molar-refractivity contribution in [3.8, 4) is 5.75 Å². The zero-order valence-electron chi connectivity index (χ0n) is 14.5. The summed E-state index contributed by atoms with van der Waals surface area (Å²) in [5.41, 5.74) is 0.349. The van der Waals surface area contributed by atoms with E-state index in [1.54, 1.807) is 25.4 Å². The smallest absolute Gasteiger partial charge is 0.347 e. The van der Waals surface area contributed by atoms with Gasteiger partial charge in [-0.25, -0.2) is 13.9 Å². The summed E-state index contributed by atoms with van der Waals surface area (Å²) in [6.45, 7) is 0.451. The van der Waals surface area contributed by atoms with Gasteiger partial charge in [0, 0.05) is 6.42 Å². The van der Waals surface area contributed by atoms with Gasteiger partial charge in [-0.1, -0.05) is 0 Å². The Bertz CT molecular complexity index is 870. The van der Waals surface area contributed by atoms with Crippen LogP contribution in [0, 0.1) is 0 Å². The van der Waals surface area contributed by atoms with E-state index in [9.17, 15) is 14.0 Å². The molecule has 0 N–H and O–H groups in total. The molecular formula is C17H20FN5O3. The SMILES string of the molecule is COc1ccc(Cn2nc3n(c2=O)[C@H](C(=O)N2CC(F)C2)CCC3)nc1. The monoisotopic (exact) mass is 361 g/mol. The summed E-state index contributed by atoms with van der Waals surface area (Å²) >= 11 is 0. The van der Waals surface area contributed by atoms with Gasteiger partial charge in [0.25, 0.3) is 0 Å². The Hall–Kier alpha value is -2.71. The number of amides is 1. The second kappa shape index (κ2) is 6.54. The lowest BCUT2D eigenvalue weighted by Crippen LogP contribution is -2.54. The van der Waals surface area contributed by atoms with Crippen LogP contribution in [0.5, 0.6) is 5.75 Å². The first-order valence-corrected chi connectivity index (χ1v) is 8.67. The lowest BCUT2D eigenvalue weighted by molar-refractivity contribution is -0.142. The fraction of sp³-hybridized carbons (Fsp3) is 0.529. The number of ether oxygens (including phenoxy) is 1. The molecule has 0 aliphatic carbocycles. The molecule has 0 unspecified atom stereocenters. The van der Waals surface area contributed by atoms with E-state index in [-0.39, 0.29) is 31.2 Å². The van der Waals surface area contributed by atoms with Crippen molar-refractivity contribution in [3.63, 3.8) is 0 Å². The first-order valence-electron chi connectivity index (χ1n) is 8.67. The van der Waals surface area contributed by atoms with E-state index in [2.05, 4.69) is 10.1 Å². The minimum Gasteiger partial charge on any atom is -0.495 e. The van der Waals surface area contributed by atoms with Crippen molar-refractivity contribution < 1.29 is 13.9 Å². The van der Waals surface area contributed by atoms with Gasteiger partial charge in [0.15, 0.2) is 0 Å². The molecule has 1 fully saturated rings. The van der Waals surface area contributed by atoms with Crippen LogP contribution in [0.3, 0.4) is 0 Å².